The van der Waals surface area contributed by atoms with Crippen LogP contribution in [0, 0.1) is 17.8 Å². The van der Waals surface area contributed by atoms with Crippen molar-refractivity contribution in [3.05, 3.63) is 0 Å². The van der Waals surface area contributed by atoms with Gasteiger partial charge in [0, 0.05) is 21.1 Å². The molecule has 0 heterocycles. The van der Waals surface area contributed by atoms with Gasteiger partial charge in [-0.15, -0.1) is 0 Å². The summed E-state index contributed by atoms with van der Waals surface area (Å²) in [5.74, 6) is -2.35. The van der Waals surface area contributed by atoms with E-state index in [9.17, 15) is 19.2 Å². The van der Waals surface area contributed by atoms with Crippen LogP contribution in [0.25, 0.3) is 0 Å². The minimum Gasteiger partial charge on any atom is -0.480 e. The quantitative estimate of drug-likeness (QED) is 0.477. The van der Waals surface area contributed by atoms with Crippen molar-refractivity contribution < 1.29 is 24.3 Å². The third kappa shape index (κ3) is 7.46. The molecule has 0 fully saturated rings. The molecule has 0 aromatic heterocycles. The number of hydrogen-bond acceptors (Lipinski definition) is 5. The summed E-state index contributed by atoms with van der Waals surface area (Å²) >= 11 is 0. The Balaban J connectivity index is 6.06. The Morgan fingerprint density at radius 3 is 1.44 bits per heavy atom. The number of carboxylic acid groups (broad SMARTS) is 1. The average molecular weight is 457 g/mol. The molecule has 0 aromatic carbocycles. The van der Waals surface area contributed by atoms with Crippen LogP contribution in [-0.2, 0) is 19.2 Å². The van der Waals surface area contributed by atoms with Gasteiger partial charge in [-0.05, 0) is 31.8 Å². The molecule has 4 unspecified atom stereocenters. The monoisotopic (exact) mass is 456 g/mol. The van der Waals surface area contributed by atoms with E-state index in [0.29, 0.717) is 6.42 Å². The third-order valence-electron chi connectivity index (χ3n) is 6.04. The summed E-state index contributed by atoms with van der Waals surface area (Å²) in [5.41, 5.74) is 0. The van der Waals surface area contributed by atoms with Crippen LogP contribution >= 0.6 is 0 Å². The fourth-order valence-electron chi connectivity index (χ4n) is 4.21. The van der Waals surface area contributed by atoms with Gasteiger partial charge in [0.15, 0.2) is 0 Å². The lowest BCUT2D eigenvalue weighted by atomic mass is 9.93. The van der Waals surface area contributed by atoms with Gasteiger partial charge in [0.25, 0.3) is 0 Å². The van der Waals surface area contributed by atoms with E-state index in [0.717, 1.165) is 4.90 Å². The van der Waals surface area contributed by atoms with Gasteiger partial charge in [-0.2, -0.15) is 0 Å². The molecule has 0 aliphatic carbocycles. The highest BCUT2D eigenvalue weighted by molar-refractivity contribution is 5.93. The Hall–Kier alpha value is -2.16. The topological polar surface area (TPSA) is 101 Å². The predicted molar refractivity (Wildman–Crippen MR) is 125 cm³/mol. The van der Waals surface area contributed by atoms with E-state index in [1.807, 2.05) is 60.5 Å². The fourth-order valence-corrected chi connectivity index (χ4v) is 4.21. The van der Waals surface area contributed by atoms with Gasteiger partial charge in [-0.25, -0.2) is 0 Å². The molecule has 0 rings (SSSR count). The molecule has 9 nitrogen and oxygen atoms in total. The molecule has 186 valence electrons. The Bertz CT molecular complexity index is 657. The average Bonchev–Trinajstić information content (AvgIpc) is 2.65. The lowest BCUT2D eigenvalue weighted by Crippen LogP contribution is -2.60. The summed E-state index contributed by atoms with van der Waals surface area (Å²) in [6, 6.07) is -1.96. The van der Waals surface area contributed by atoms with E-state index in [2.05, 4.69) is 0 Å². The highest BCUT2D eigenvalue weighted by atomic mass is 16.4. The molecule has 3 amide bonds. The molecule has 9 heteroatoms. The number of likely N-dealkylation sites (N-methyl/N-ethyl adjacent to an activating group) is 4. The van der Waals surface area contributed by atoms with Gasteiger partial charge in [-0.3, -0.25) is 24.1 Å². The second-order valence-electron chi connectivity index (χ2n) is 9.66. The molecule has 0 aromatic rings. The van der Waals surface area contributed by atoms with Crippen LogP contribution in [-0.4, -0.2) is 108 Å². The summed E-state index contributed by atoms with van der Waals surface area (Å²) < 4.78 is 0. The van der Waals surface area contributed by atoms with Gasteiger partial charge in [0.05, 0.1) is 6.04 Å². The number of carbonyl (C=O) groups excluding carboxylic acids is 3. The molecular weight excluding hydrogens is 412 g/mol. The van der Waals surface area contributed by atoms with Crippen molar-refractivity contribution in [1.82, 2.24) is 19.6 Å². The Labute approximate surface area is 193 Å². The highest BCUT2D eigenvalue weighted by Gasteiger charge is 2.41. The van der Waals surface area contributed by atoms with Crippen molar-refractivity contribution in [1.29, 1.82) is 0 Å². The van der Waals surface area contributed by atoms with Crippen LogP contribution < -0.4 is 0 Å². The second kappa shape index (κ2) is 12.8. The standard InChI is InChI=1S/C23H44N4O5/c1-12-16(6)20(21(30)25(9)13-17(28)29)27(11)23(32)19(15(4)5)26(10)22(31)18(14(2)3)24(7)8/h14-16,18-20H,12-13H2,1-11H3,(H,28,29). The van der Waals surface area contributed by atoms with Crippen LogP contribution in [0.5, 0.6) is 0 Å². The molecule has 0 saturated heterocycles. The Kier molecular flexibility index (Phi) is 11.9. The molecule has 0 saturated carbocycles. The molecule has 0 aliphatic heterocycles. The van der Waals surface area contributed by atoms with E-state index in [-0.39, 0.29) is 35.6 Å². The first kappa shape index (κ1) is 29.8. The van der Waals surface area contributed by atoms with Gasteiger partial charge in [0.2, 0.25) is 17.7 Å². The van der Waals surface area contributed by atoms with Crippen LogP contribution in [0.1, 0.15) is 48.0 Å². The smallest absolute Gasteiger partial charge is 0.323 e. The first-order chi connectivity index (χ1) is 14.6. The zero-order valence-electron chi connectivity index (χ0n) is 21.7. The molecular formula is C23H44N4O5. The van der Waals surface area contributed by atoms with Crippen molar-refractivity contribution in [3.63, 3.8) is 0 Å². The normalized spacial score (nSPS) is 15.3. The predicted octanol–water partition coefficient (Wildman–Crippen LogP) is 1.47. The number of carbonyl (C=O) groups is 4. The highest BCUT2D eigenvalue weighted by Crippen LogP contribution is 2.22. The van der Waals surface area contributed by atoms with E-state index in [1.165, 1.54) is 16.8 Å². The number of aliphatic carboxylic acids is 1. The molecule has 1 N–H and O–H groups in total. The first-order valence-corrected chi connectivity index (χ1v) is 11.3. The molecule has 0 spiro atoms. The van der Waals surface area contributed by atoms with E-state index >= 15 is 0 Å². The number of carboxylic acids is 1. The van der Waals surface area contributed by atoms with Gasteiger partial charge < -0.3 is 19.8 Å². The van der Waals surface area contributed by atoms with E-state index in [1.54, 1.807) is 14.1 Å². The largest absolute Gasteiger partial charge is 0.480 e. The number of nitrogens with zero attached hydrogens (tertiary/aromatic N) is 4. The summed E-state index contributed by atoms with van der Waals surface area (Å²) in [7, 11) is 8.29. The van der Waals surface area contributed by atoms with Crippen LogP contribution in [0.15, 0.2) is 0 Å². The lowest BCUT2D eigenvalue weighted by Gasteiger charge is -2.40. The first-order valence-electron chi connectivity index (χ1n) is 11.3. The summed E-state index contributed by atoms with van der Waals surface area (Å²) in [5, 5.41) is 9.07. The molecule has 32 heavy (non-hydrogen) atoms. The summed E-state index contributed by atoms with van der Waals surface area (Å²) in [4.78, 5) is 57.0. The molecule has 4 atom stereocenters. The number of amides is 3. The van der Waals surface area contributed by atoms with Crippen LogP contribution in [0.3, 0.4) is 0 Å². The zero-order chi connectivity index (χ0) is 25.5. The summed E-state index contributed by atoms with van der Waals surface area (Å²) in [6.45, 7) is 11.0. The fraction of sp³-hybridized carbons (Fsp3) is 0.826. The molecule has 0 aliphatic rings. The van der Waals surface area contributed by atoms with E-state index < -0.39 is 30.5 Å². The zero-order valence-corrected chi connectivity index (χ0v) is 21.7. The number of hydrogen-bond donors (Lipinski definition) is 1. The SMILES string of the molecule is CCC(C)C(C(=O)N(C)CC(=O)O)N(C)C(=O)C(C(C)C)N(C)C(=O)C(C(C)C)N(C)C. The number of rotatable bonds is 12. The maximum atomic E-state index is 13.6. The maximum Gasteiger partial charge on any atom is 0.323 e. The van der Waals surface area contributed by atoms with Crippen molar-refractivity contribution in [2.45, 2.75) is 66.1 Å². The van der Waals surface area contributed by atoms with Crippen molar-refractivity contribution in [2.24, 2.45) is 17.8 Å². The van der Waals surface area contributed by atoms with Crippen LogP contribution in [0.2, 0.25) is 0 Å². The maximum absolute atomic E-state index is 13.6. The Morgan fingerprint density at radius 1 is 0.688 bits per heavy atom. The van der Waals surface area contributed by atoms with Gasteiger partial charge in [0.1, 0.15) is 18.6 Å². The third-order valence-corrected chi connectivity index (χ3v) is 6.04. The van der Waals surface area contributed by atoms with Gasteiger partial charge in [-0.1, -0.05) is 48.0 Å². The lowest BCUT2D eigenvalue weighted by molar-refractivity contribution is -0.155. The molecule has 0 bridgehead atoms. The Morgan fingerprint density at radius 2 is 1.09 bits per heavy atom. The van der Waals surface area contributed by atoms with Crippen molar-refractivity contribution >= 4 is 23.7 Å². The minimum atomic E-state index is -1.12. The van der Waals surface area contributed by atoms with Crippen molar-refractivity contribution in [2.75, 3.05) is 41.8 Å². The molecule has 0 radical (unpaired) electrons. The minimum absolute atomic E-state index is 0.0553. The van der Waals surface area contributed by atoms with Crippen LogP contribution in [0.4, 0.5) is 0 Å². The van der Waals surface area contributed by atoms with Crippen molar-refractivity contribution in [3.8, 4) is 0 Å². The van der Waals surface area contributed by atoms with Gasteiger partial charge >= 0.3 is 5.97 Å². The second-order valence-corrected chi connectivity index (χ2v) is 9.66. The summed E-state index contributed by atoms with van der Waals surface area (Å²) in [6.07, 6.45) is 0.631. The van der Waals surface area contributed by atoms with E-state index in [4.69, 9.17) is 5.11 Å².